The normalized spacial score (nSPS) is 28.4. The Morgan fingerprint density at radius 3 is 2.40 bits per heavy atom. The van der Waals surface area contributed by atoms with Crippen LogP contribution >= 0.6 is 0 Å². The first-order chi connectivity index (χ1) is 12.1. The summed E-state index contributed by atoms with van der Waals surface area (Å²) in [5.74, 6) is 0.350. The second-order valence-electron chi connectivity index (χ2n) is 6.87. The number of likely N-dealkylation sites (tertiary alicyclic amines) is 1. The Kier molecular flexibility index (Phi) is 3.98. The number of nitrogens with zero attached hydrogens (tertiary/aromatic N) is 1. The van der Waals surface area contributed by atoms with Gasteiger partial charge in [0.05, 0.1) is 12.1 Å². The molecule has 1 amide bonds. The molecule has 5 nitrogen and oxygen atoms in total. The van der Waals surface area contributed by atoms with Crippen molar-refractivity contribution in [2.45, 2.75) is 31.5 Å². The van der Waals surface area contributed by atoms with Crippen LogP contribution in [-0.2, 0) is 11.2 Å². The predicted molar refractivity (Wildman–Crippen MR) is 95.7 cm³/mol. The number of rotatable bonds is 3. The Bertz CT molecular complexity index is 790. The number of hydrogen-bond acceptors (Lipinski definition) is 4. The number of amides is 1. The summed E-state index contributed by atoms with van der Waals surface area (Å²) >= 11 is 0. The first-order valence-corrected chi connectivity index (χ1v) is 8.76. The molecule has 2 heterocycles. The molecule has 25 heavy (non-hydrogen) atoms. The van der Waals surface area contributed by atoms with Gasteiger partial charge in [0, 0.05) is 18.5 Å². The fourth-order valence-corrected chi connectivity index (χ4v) is 4.20. The van der Waals surface area contributed by atoms with E-state index in [1.54, 1.807) is 6.07 Å². The van der Waals surface area contributed by atoms with E-state index in [-0.39, 0.29) is 35.7 Å². The van der Waals surface area contributed by atoms with Crippen molar-refractivity contribution in [1.29, 1.82) is 0 Å². The Morgan fingerprint density at radius 1 is 1.04 bits per heavy atom. The summed E-state index contributed by atoms with van der Waals surface area (Å²) in [6, 6.07) is 15.4. The minimum atomic E-state index is -0.287. The lowest BCUT2D eigenvalue weighted by atomic mass is 9.83. The van der Waals surface area contributed by atoms with E-state index in [0.29, 0.717) is 0 Å². The molecule has 2 fully saturated rings. The molecule has 2 aromatic carbocycles. The van der Waals surface area contributed by atoms with E-state index >= 15 is 0 Å². The topological polar surface area (TPSA) is 64.6 Å². The van der Waals surface area contributed by atoms with Crippen molar-refractivity contribution in [1.82, 2.24) is 15.8 Å². The van der Waals surface area contributed by atoms with Gasteiger partial charge in [-0.2, -0.15) is 0 Å². The second-order valence-corrected chi connectivity index (χ2v) is 6.87. The number of benzene rings is 2. The molecule has 4 atom stereocenters. The van der Waals surface area contributed by atoms with Gasteiger partial charge >= 0.3 is 0 Å². The third-order valence-corrected chi connectivity index (χ3v) is 5.56. The molecule has 0 saturated carbocycles. The van der Waals surface area contributed by atoms with Crippen LogP contribution in [0.15, 0.2) is 48.5 Å². The Labute approximate surface area is 147 Å². The molecule has 0 bridgehead atoms. The van der Waals surface area contributed by atoms with Crippen LogP contribution in [-0.4, -0.2) is 29.0 Å². The van der Waals surface area contributed by atoms with E-state index in [1.165, 1.54) is 5.56 Å². The molecule has 5 heteroatoms. The molecule has 2 aliphatic rings. The third kappa shape index (κ3) is 2.51. The molecule has 4 unspecified atom stereocenters. The first kappa shape index (κ1) is 16.1. The highest BCUT2D eigenvalue weighted by atomic mass is 16.3. The summed E-state index contributed by atoms with van der Waals surface area (Å²) in [5.41, 5.74) is 9.61. The van der Waals surface area contributed by atoms with Crippen LogP contribution in [0.3, 0.4) is 0 Å². The number of hydrogen-bond donors (Lipinski definition) is 3. The monoisotopic (exact) mass is 337 g/mol. The van der Waals surface area contributed by atoms with Crippen molar-refractivity contribution in [3.63, 3.8) is 0 Å². The molecule has 130 valence electrons. The van der Waals surface area contributed by atoms with E-state index < -0.39 is 0 Å². The first-order valence-electron chi connectivity index (χ1n) is 8.76. The van der Waals surface area contributed by atoms with Crippen LogP contribution in [0, 0.1) is 5.92 Å². The van der Waals surface area contributed by atoms with Gasteiger partial charge in [-0.25, -0.2) is 10.9 Å². The number of para-hydroxylation sites is 1. The maximum absolute atomic E-state index is 12.7. The molecule has 3 N–H and O–H groups in total. The lowest BCUT2D eigenvalue weighted by Gasteiger charge is -2.29. The zero-order valence-electron chi connectivity index (χ0n) is 14.4. The molecule has 0 aliphatic carbocycles. The highest BCUT2D eigenvalue weighted by molar-refractivity contribution is 5.86. The number of phenols is 1. The van der Waals surface area contributed by atoms with E-state index in [2.05, 4.69) is 42.0 Å². The van der Waals surface area contributed by atoms with Crippen molar-refractivity contribution >= 4 is 5.91 Å². The van der Waals surface area contributed by atoms with Crippen molar-refractivity contribution < 1.29 is 9.90 Å². The van der Waals surface area contributed by atoms with E-state index in [9.17, 15) is 9.90 Å². The van der Waals surface area contributed by atoms with Crippen LogP contribution in [0.2, 0.25) is 0 Å². The zero-order chi connectivity index (χ0) is 17.6. The van der Waals surface area contributed by atoms with Gasteiger partial charge in [-0.15, -0.1) is 0 Å². The fourth-order valence-electron chi connectivity index (χ4n) is 4.20. The summed E-state index contributed by atoms with van der Waals surface area (Å²) in [6.45, 7) is 2.13. The van der Waals surface area contributed by atoms with Crippen molar-refractivity contribution in [2.75, 3.05) is 7.05 Å². The van der Waals surface area contributed by atoms with Crippen LogP contribution in [0.4, 0.5) is 0 Å². The third-order valence-electron chi connectivity index (χ3n) is 5.56. The van der Waals surface area contributed by atoms with Gasteiger partial charge in [-0.1, -0.05) is 49.4 Å². The summed E-state index contributed by atoms with van der Waals surface area (Å²) in [7, 11) is 1.86. The maximum atomic E-state index is 12.7. The zero-order valence-corrected chi connectivity index (χ0v) is 14.4. The van der Waals surface area contributed by atoms with Crippen LogP contribution < -0.4 is 10.9 Å². The number of fused-ring (bicyclic) bond motifs is 1. The number of aromatic hydroxyl groups is 1. The number of likely N-dealkylation sites (N-methyl/N-ethyl adjacent to an activating group) is 1. The van der Waals surface area contributed by atoms with Gasteiger partial charge in [0.2, 0.25) is 5.91 Å². The number of phenolic OH excluding ortho intramolecular Hbond substituents is 1. The molecular weight excluding hydrogens is 314 g/mol. The molecule has 0 spiro atoms. The molecule has 0 aromatic heterocycles. The number of hydrazine groups is 1. The molecule has 2 saturated heterocycles. The van der Waals surface area contributed by atoms with Gasteiger partial charge in [0.25, 0.3) is 0 Å². The Morgan fingerprint density at radius 2 is 1.72 bits per heavy atom. The van der Waals surface area contributed by atoms with E-state index in [1.807, 2.05) is 30.1 Å². The standard InChI is InChI=1S/C20H23N3O2/c1-3-12-8-10-13(11-9-12)19-16-17(14-6-4-5-7-15(14)24)21-22-18(16)20(25)23(19)2/h4-11,16-19,21-22,24H,3H2,1-2H3. The van der Waals surface area contributed by atoms with Gasteiger partial charge in [-0.3, -0.25) is 4.79 Å². The average Bonchev–Trinajstić information content (AvgIpc) is 3.16. The fraction of sp³-hybridized carbons (Fsp3) is 0.350. The number of carbonyl (C=O) groups excluding carboxylic acids is 1. The summed E-state index contributed by atoms with van der Waals surface area (Å²) < 4.78 is 0. The largest absolute Gasteiger partial charge is 0.508 e. The van der Waals surface area contributed by atoms with Crippen LogP contribution in [0.1, 0.15) is 35.7 Å². The minimum absolute atomic E-state index is 0.0123. The Balaban J connectivity index is 1.74. The SMILES string of the molecule is CCc1ccc(C2C3C(NNC3c3ccccc3O)C(=O)N2C)cc1. The number of aryl methyl sites for hydroxylation is 1. The van der Waals surface area contributed by atoms with Crippen molar-refractivity contribution in [2.24, 2.45) is 5.92 Å². The Hall–Kier alpha value is -2.37. The molecule has 2 aromatic rings. The van der Waals surface area contributed by atoms with Crippen LogP contribution in [0.25, 0.3) is 0 Å². The second kappa shape index (κ2) is 6.17. The molecule has 2 aliphatic heterocycles. The van der Waals surface area contributed by atoms with Crippen molar-refractivity contribution in [3.8, 4) is 5.75 Å². The summed E-state index contributed by atoms with van der Waals surface area (Å²) in [4.78, 5) is 14.5. The number of carbonyl (C=O) groups is 1. The van der Waals surface area contributed by atoms with Gasteiger partial charge in [0.1, 0.15) is 11.8 Å². The number of nitrogens with one attached hydrogen (secondary N) is 2. The molecular formula is C20H23N3O2. The average molecular weight is 337 g/mol. The lowest BCUT2D eigenvalue weighted by molar-refractivity contribution is -0.129. The summed E-state index contributed by atoms with van der Waals surface area (Å²) in [5, 5.41) is 10.3. The van der Waals surface area contributed by atoms with Gasteiger partial charge in [0.15, 0.2) is 0 Å². The minimum Gasteiger partial charge on any atom is -0.508 e. The quantitative estimate of drug-likeness (QED) is 0.804. The highest BCUT2D eigenvalue weighted by Crippen LogP contribution is 2.47. The maximum Gasteiger partial charge on any atom is 0.241 e. The van der Waals surface area contributed by atoms with Crippen molar-refractivity contribution in [3.05, 3.63) is 65.2 Å². The van der Waals surface area contributed by atoms with Gasteiger partial charge in [-0.05, 0) is 23.6 Å². The van der Waals surface area contributed by atoms with Crippen LogP contribution in [0.5, 0.6) is 5.75 Å². The highest BCUT2D eigenvalue weighted by Gasteiger charge is 2.54. The van der Waals surface area contributed by atoms with Gasteiger partial charge < -0.3 is 10.0 Å². The molecule has 4 rings (SSSR count). The predicted octanol–water partition coefficient (Wildman–Crippen LogP) is 2.30. The molecule has 0 radical (unpaired) electrons. The van der Waals surface area contributed by atoms with E-state index in [0.717, 1.165) is 17.5 Å². The smallest absolute Gasteiger partial charge is 0.241 e. The summed E-state index contributed by atoms with van der Waals surface area (Å²) in [6.07, 6.45) is 0.995. The van der Waals surface area contributed by atoms with E-state index in [4.69, 9.17) is 0 Å². The lowest BCUT2D eigenvalue weighted by Crippen LogP contribution is -2.39.